The van der Waals surface area contributed by atoms with Crippen molar-refractivity contribution in [2.45, 2.75) is 128 Å². The standard InChI is InChI=1S/C23H45N3O7Si2/c1-20(2,3)34(10,11)32-17-16(15-14-29-22(7,8)30-15)31-23(25-26-24,19(27)28-9)18(17)33-35(12,13)21(4,5)6/h15-18H,14H2,1-13H3/t15-,16-,17+,18-,23+/m1/s1. The Bertz CT molecular complexity index is 847. The van der Waals surface area contributed by atoms with E-state index in [-0.39, 0.29) is 16.7 Å². The second kappa shape index (κ2) is 9.72. The number of azide groups is 1. The molecule has 0 radical (unpaired) electrons. The number of carbonyl (C=O) groups is 1. The lowest BCUT2D eigenvalue weighted by Gasteiger charge is -2.45. The van der Waals surface area contributed by atoms with Crippen molar-refractivity contribution in [2.24, 2.45) is 5.11 Å². The van der Waals surface area contributed by atoms with E-state index in [1.807, 2.05) is 13.8 Å². The number of hydrogen-bond acceptors (Lipinski definition) is 8. The summed E-state index contributed by atoms with van der Waals surface area (Å²) >= 11 is 0. The van der Waals surface area contributed by atoms with Crippen LogP contribution < -0.4 is 0 Å². The molecule has 10 nitrogen and oxygen atoms in total. The Kier molecular flexibility index (Phi) is 8.39. The summed E-state index contributed by atoms with van der Waals surface area (Å²) in [5, 5.41) is 3.56. The fraction of sp³-hybridized carbons (Fsp3) is 0.957. The molecule has 0 aromatic carbocycles. The molecule has 0 N–H and O–H groups in total. The van der Waals surface area contributed by atoms with Crippen LogP contribution in [0, 0.1) is 0 Å². The average molecular weight is 532 g/mol. The summed E-state index contributed by atoms with van der Waals surface area (Å²) in [5.74, 6) is -1.66. The summed E-state index contributed by atoms with van der Waals surface area (Å²) in [7, 11) is -3.70. The number of ether oxygens (including phenoxy) is 4. The van der Waals surface area contributed by atoms with Gasteiger partial charge in [0.25, 0.3) is 5.72 Å². The molecular formula is C23H45N3O7Si2. The van der Waals surface area contributed by atoms with Crippen LogP contribution in [-0.4, -0.2) is 72.2 Å². The van der Waals surface area contributed by atoms with Gasteiger partial charge in [-0.2, -0.15) is 0 Å². The third-order valence-corrected chi connectivity index (χ3v) is 16.8. The van der Waals surface area contributed by atoms with E-state index in [9.17, 15) is 10.3 Å². The molecule has 2 heterocycles. The molecule has 35 heavy (non-hydrogen) atoms. The van der Waals surface area contributed by atoms with Crippen molar-refractivity contribution >= 4 is 22.6 Å². The van der Waals surface area contributed by atoms with Gasteiger partial charge in [-0.25, -0.2) is 4.79 Å². The lowest BCUT2D eigenvalue weighted by Crippen LogP contribution is -2.59. The Morgan fingerprint density at radius 2 is 1.51 bits per heavy atom. The van der Waals surface area contributed by atoms with Crippen LogP contribution in [0.1, 0.15) is 55.4 Å². The number of rotatable bonds is 7. The predicted octanol–water partition coefficient (Wildman–Crippen LogP) is 5.50. The maximum atomic E-state index is 13.3. The van der Waals surface area contributed by atoms with Crippen molar-refractivity contribution in [1.29, 1.82) is 0 Å². The van der Waals surface area contributed by atoms with E-state index in [1.54, 1.807) is 0 Å². The molecule has 2 saturated heterocycles. The summed E-state index contributed by atoms with van der Waals surface area (Å²) in [6.45, 7) is 24.9. The molecule has 2 rings (SSSR count). The van der Waals surface area contributed by atoms with Gasteiger partial charge in [-0.05, 0) is 60.8 Å². The van der Waals surface area contributed by atoms with E-state index in [2.05, 4.69) is 77.8 Å². The van der Waals surface area contributed by atoms with Crippen molar-refractivity contribution in [1.82, 2.24) is 0 Å². The minimum atomic E-state index is -2.51. The van der Waals surface area contributed by atoms with E-state index in [0.717, 1.165) is 0 Å². The van der Waals surface area contributed by atoms with Gasteiger partial charge < -0.3 is 27.8 Å². The third-order valence-electron chi connectivity index (χ3n) is 7.86. The number of hydrogen-bond donors (Lipinski definition) is 0. The highest BCUT2D eigenvalue weighted by molar-refractivity contribution is 6.74. The minimum absolute atomic E-state index is 0.139. The molecule has 0 aromatic rings. The van der Waals surface area contributed by atoms with Crippen molar-refractivity contribution < 1.29 is 32.6 Å². The van der Waals surface area contributed by atoms with E-state index in [0.29, 0.717) is 0 Å². The SMILES string of the molecule is COC(=O)[C@@]1(N=[N+]=[N-])O[C@H]([C@H]2COC(C)(C)O2)[C@H](O[Si](C)(C)C(C)(C)C)[C@H]1O[Si](C)(C)C(C)(C)C. The summed E-state index contributed by atoms with van der Waals surface area (Å²) in [6, 6.07) is 0. The fourth-order valence-electron chi connectivity index (χ4n) is 3.69. The summed E-state index contributed by atoms with van der Waals surface area (Å²) in [6.07, 6.45) is -3.13. The van der Waals surface area contributed by atoms with Crippen LogP contribution in [0.5, 0.6) is 0 Å². The summed E-state index contributed by atoms with van der Waals surface area (Å²) in [5.41, 5.74) is 7.47. The van der Waals surface area contributed by atoms with Crippen molar-refractivity contribution in [3.63, 3.8) is 0 Å². The second-order valence-electron chi connectivity index (χ2n) is 13.0. The largest absolute Gasteiger partial charge is 0.467 e. The molecule has 2 aliphatic heterocycles. The van der Waals surface area contributed by atoms with Gasteiger partial charge in [0, 0.05) is 4.91 Å². The first kappa shape index (κ1) is 30.2. The molecule has 0 saturated carbocycles. The zero-order valence-corrected chi connectivity index (χ0v) is 25.7. The van der Waals surface area contributed by atoms with Crippen LogP contribution in [0.25, 0.3) is 10.4 Å². The second-order valence-corrected chi connectivity index (χ2v) is 22.5. The molecule has 0 bridgehead atoms. The molecule has 0 unspecified atom stereocenters. The minimum Gasteiger partial charge on any atom is -0.467 e. The van der Waals surface area contributed by atoms with E-state index < -0.39 is 58.5 Å². The Labute approximate surface area is 212 Å². The van der Waals surface area contributed by atoms with Crippen LogP contribution >= 0.6 is 0 Å². The van der Waals surface area contributed by atoms with Crippen molar-refractivity contribution in [3.8, 4) is 0 Å². The van der Waals surface area contributed by atoms with Gasteiger partial charge in [0.2, 0.25) is 0 Å². The van der Waals surface area contributed by atoms with Gasteiger partial charge >= 0.3 is 5.97 Å². The fourth-order valence-corrected chi connectivity index (χ4v) is 6.26. The molecule has 5 atom stereocenters. The summed E-state index contributed by atoms with van der Waals surface area (Å²) < 4.78 is 37.2. The normalized spacial score (nSPS) is 31.8. The predicted molar refractivity (Wildman–Crippen MR) is 138 cm³/mol. The van der Waals surface area contributed by atoms with Crippen LogP contribution in [0.4, 0.5) is 0 Å². The van der Waals surface area contributed by atoms with Gasteiger partial charge in [-0.3, -0.25) is 0 Å². The lowest BCUT2D eigenvalue weighted by molar-refractivity contribution is -0.186. The summed E-state index contributed by atoms with van der Waals surface area (Å²) in [4.78, 5) is 16.3. The van der Waals surface area contributed by atoms with Crippen LogP contribution in [0.3, 0.4) is 0 Å². The van der Waals surface area contributed by atoms with E-state index in [1.165, 1.54) is 7.11 Å². The van der Waals surface area contributed by atoms with Gasteiger partial charge in [0.1, 0.15) is 24.4 Å². The van der Waals surface area contributed by atoms with Crippen molar-refractivity contribution in [3.05, 3.63) is 10.4 Å². The quantitative estimate of drug-likeness (QED) is 0.140. The Morgan fingerprint density at radius 1 is 1.00 bits per heavy atom. The average Bonchev–Trinajstić information content (AvgIpc) is 3.18. The maximum Gasteiger partial charge on any atom is 0.347 e. The lowest BCUT2D eigenvalue weighted by atomic mass is 10.0. The number of carbonyl (C=O) groups excluding carboxylic acids is 1. The van der Waals surface area contributed by atoms with Gasteiger partial charge in [0.05, 0.1) is 13.7 Å². The van der Waals surface area contributed by atoms with Gasteiger partial charge in [-0.15, -0.1) is 0 Å². The molecule has 202 valence electrons. The number of nitrogens with zero attached hydrogens (tertiary/aromatic N) is 3. The highest BCUT2D eigenvalue weighted by atomic mass is 28.4. The van der Waals surface area contributed by atoms with Gasteiger partial charge in [0.15, 0.2) is 22.4 Å². The molecule has 0 aliphatic carbocycles. The number of methoxy groups -OCH3 is 1. The molecule has 12 heteroatoms. The highest BCUT2D eigenvalue weighted by Crippen LogP contribution is 2.48. The molecule has 0 spiro atoms. The first-order chi connectivity index (χ1) is 15.6. The number of esters is 1. The first-order valence-corrected chi connectivity index (χ1v) is 18.0. The first-order valence-electron chi connectivity index (χ1n) is 12.1. The van der Waals surface area contributed by atoms with E-state index >= 15 is 0 Å². The van der Waals surface area contributed by atoms with Crippen LogP contribution in [-0.2, 0) is 32.6 Å². The topological polar surface area (TPSA) is 121 Å². The van der Waals surface area contributed by atoms with Crippen LogP contribution in [0.15, 0.2) is 5.11 Å². The molecule has 2 aliphatic rings. The molecule has 0 amide bonds. The third kappa shape index (κ3) is 5.96. The smallest absolute Gasteiger partial charge is 0.347 e. The molecule has 2 fully saturated rings. The maximum absolute atomic E-state index is 13.3. The Balaban J connectivity index is 2.73. The molecule has 0 aromatic heterocycles. The molecular weight excluding hydrogens is 486 g/mol. The Morgan fingerprint density at radius 3 is 1.91 bits per heavy atom. The van der Waals surface area contributed by atoms with Gasteiger partial charge in [-0.1, -0.05) is 41.5 Å². The van der Waals surface area contributed by atoms with E-state index in [4.69, 9.17) is 27.8 Å². The highest BCUT2D eigenvalue weighted by Gasteiger charge is 2.67. The Hall–Kier alpha value is -0.986. The monoisotopic (exact) mass is 531 g/mol. The van der Waals surface area contributed by atoms with Crippen molar-refractivity contribution in [2.75, 3.05) is 13.7 Å². The zero-order valence-electron chi connectivity index (χ0n) is 23.7. The zero-order chi connectivity index (χ0) is 27.3. The van der Waals surface area contributed by atoms with Crippen LogP contribution in [0.2, 0.25) is 36.3 Å².